The van der Waals surface area contributed by atoms with Crippen LogP contribution in [0, 0.1) is 5.92 Å². The summed E-state index contributed by atoms with van der Waals surface area (Å²) in [6.07, 6.45) is 0.951. The van der Waals surface area contributed by atoms with Gasteiger partial charge in [0.15, 0.2) is 5.96 Å². The molecule has 2 heterocycles. The van der Waals surface area contributed by atoms with Crippen LogP contribution in [-0.2, 0) is 9.47 Å². The van der Waals surface area contributed by atoms with Gasteiger partial charge in [0.25, 0.3) is 0 Å². The summed E-state index contributed by atoms with van der Waals surface area (Å²) < 4.78 is 11.1. The van der Waals surface area contributed by atoms with Crippen molar-refractivity contribution in [2.24, 2.45) is 10.9 Å². The fraction of sp³-hybridized carbons (Fsp3) is 0.600. The molecule has 2 unspecified atom stereocenters. The predicted octanol–water partition coefficient (Wildman–Crippen LogP) is 2.73. The molecule has 156 valence electrons. The van der Waals surface area contributed by atoms with E-state index in [1.54, 1.807) is 11.9 Å². The Labute approximate surface area is 184 Å². The van der Waals surface area contributed by atoms with E-state index in [1.165, 1.54) is 5.56 Å². The second-order valence-electron chi connectivity index (χ2n) is 6.85. The Morgan fingerprint density at radius 1 is 1.21 bits per heavy atom. The van der Waals surface area contributed by atoms with Crippen molar-refractivity contribution in [1.29, 1.82) is 0 Å². The molecule has 2 fully saturated rings. The van der Waals surface area contributed by atoms with Gasteiger partial charge in [0, 0.05) is 52.3 Å². The van der Waals surface area contributed by atoms with Crippen molar-refractivity contribution in [2.75, 3.05) is 53.0 Å². The van der Waals surface area contributed by atoms with Crippen LogP contribution >= 0.6 is 24.0 Å². The molecule has 3 rings (SSSR count). The van der Waals surface area contributed by atoms with Crippen LogP contribution in [0.25, 0.3) is 0 Å². The van der Waals surface area contributed by atoms with E-state index in [9.17, 15) is 4.79 Å². The minimum absolute atomic E-state index is 0. The van der Waals surface area contributed by atoms with E-state index >= 15 is 0 Å². The number of guanidine groups is 1. The maximum Gasteiger partial charge on any atom is 0.409 e. The van der Waals surface area contributed by atoms with Gasteiger partial charge in [0.2, 0.25) is 0 Å². The zero-order valence-electron chi connectivity index (χ0n) is 16.7. The van der Waals surface area contributed by atoms with Gasteiger partial charge in [0.1, 0.15) is 0 Å². The lowest BCUT2D eigenvalue weighted by Crippen LogP contribution is -2.54. The lowest BCUT2D eigenvalue weighted by molar-refractivity contribution is 0.0887. The molecule has 1 amide bonds. The van der Waals surface area contributed by atoms with Crippen molar-refractivity contribution < 1.29 is 14.3 Å². The molecule has 2 aliphatic heterocycles. The van der Waals surface area contributed by atoms with E-state index in [2.05, 4.69) is 39.5 Å². The van der Waals surface area contributed by atoms with Gasteiger partial charge in [-0.15, -0.1) is 24.0 Å². The second-order valence-corrected chi connectivity index (χ2v) is 6.85. The minimum atomic E-state index is -0.228. The molecule has 0 saturated carbocycles. The Morgan fingerprint density at radius 3 is 2.54 bits per heavy atom. The molecular weight excluding hydrogens is 471 g/mol. The number of nitrogens with one attached hydrogen (secondary N) is 1. The van der Waals surface area contributed by atoms with Gasteiger partial charge in [-0.25, -0.2) is 4.79 Å². The van der Waals surface area contributed by atoms with E-state index in [1.807, 2.05) is 13.0 Å². The fourth-order valence-electron chi connectivity index (χ4n) is 3.72. The summed E-state index contributed by atoms with van der Waals surface area (Å²) in [5, 5.41) is 3.51. The van der Waals surface area contributed by atoms with Crippen LogP contribution in [0.3, 0.4) is 0 Å². The molecule has 0 spiro atoms. The number of amides is 1. The van der Waals surface area contributed by atoms with Crippen LogP contribution in [0.1, 0.15) is 25.0 Å². The Bertz CT molecular complexity index is 636. The number of piperazine rings is 1. The average molecular weight is 502 g/mol. The van der Waals surface area contributed by atoms with Gasteiger partial charge in [0.05, 0.1) is 12.7 Å². The highest BCUT2D eigenvalue weighted by atomic mass is 127. The van der Waals surface area contributed by atoms with E-state index in [0.29, 0.717) is 25.6 Å². The van der Waals surface area contributed by atoms with Gasteiger partial charge in [-0.05, 0) is 18.9 Å². The summed E-state index contributed by atoms with van der Waals surface area (Å²) >= 11 is 0. The lowest BCUT2D eigenvalue weighted by atomic mass is 9.95. The zero-order chi connectivity index (χ0) is 19.1. The second kappa shape index (κ2) is 11.5. The summed E-state index contributed by atoms with van der Waals surface area (Å²) in [7, 11) is 1.81. The monoisotopic (exact) mass is 502 g/mol. The van der Waals surface area contributed by atoms with Crippen LogP contribution < -0.4 is 5.32 Å². The first-order chi connectivity index (χ1) is 13.2. The van der Waals surface area contributed by atoms with Crippen LogP contribution in [-0.4, -0.2) is 74.8 Å². The molecular formula is C20H31IN4O3. The van der Waals surface area contributed by atoms with Crippen molar-refractivity contribution in [2.45, 2.75) is 19.4 Å². The third kappa shape index (κ3) is 5.73. The largest absolute Gasteiger partial charge is 0.450 e. The van der Waals surface area contributed by atoms with Gasteiger partial charge < -0.3 is 24.6 Å². The number of rotatable bonds is 4. The molecule has 2 atom stereocenters. The molecule has 2 aliphatic rings. The van der Waals surface area contributed by atoms with Gasteiger partial charge in [-0.1, -0.05) is 30.3 Å². The Kier molecular flexibility index (Phi) is 9.30. The van der Waals surface area contributed by atoms with Crippen molar-refractivity contribution in [3.05, 3.63) is 35.9 Å². The van der Waals surface area contributed by atoms with E-state index in [4.69, 9.17) is 9.47 Å². The summed E-state index contributed by atoms with van der Waals surface area (Å²) in [5.41, 5.74) is 1.24. The summed E-state index contributed by atoms with van der Waals surface area (Å²) in [5.74, 6) is 1.31. The Morgan fingerprint density at radius 2 is 1.89 bits per heavy atom. The summed E-state index contributed by atoms with van der Waals surface area (Å²) in [4.78, 5) is 20.2. The number of ether oxygens (including phenoxy) is 2. The van der Waals surface area contributed by atoms with E-state index < -0.39 is 0 Å². The lowest BCUT2D eigenvalue weighted by Gasteiger charge is -2.36. The summed E-state index contributed by atoms with van der Waals surface area (Å²) in [6, 6.07) is 10.4. The van der Waals surface area contributed by atoms with Crippen LogP contribution in [0.5, 0.6) is 0 Å². The van der Waals surface area contributed by atoms with Crippen LogP contribution in [0.4, 0.5) is 4.79 Å². The number of benzene rings is 1. The average Bonchev–Trinajstić information content (AvgIpc) is 3.18. The maximum absolute atomic E-state index is 11.8. The number of carbonyl (C=O) groups is 1. The third-order valence-electron chi connectivity index (χ3n) is 5.18. The van der Waals surface area contributed by atoms with Crippen LogP contribution in [0.2, 0.25) is 0 Å². The molecule has 0 bridgehead atoms. The van der Waals surface area contributed by atoms with E-state index in [0.717, 1.165) is 38.6 Å². The highest BCUT2D eigenvalue weighted by molar-refractivity contribution is 14.0. The number of halogens is 1. The molecule has 8 heteroatoms. The molecule has 0 aliphatic carbocycles. The van der Waals surface area contributed by atoms with Gasteiger partial charge >= 0.3 is 6.09 Å². The Balaban J connectivity index is 0.00000280. The first kappa shape index (κ1) is 22.7. The number of nitrogens with zero attached hydrogens (tertiary/aromatic N) is 3. The third-order valence-corrected chi connectivity index (χ3v) is 5.18. The standard InChI is InChI=1S/C20H30N4O3.HI/c1-3-26-20(25)24-12-10-23(11-13-24)19(21-2)22-15-17-9-14-27-18(17)16-7-5-4-6-8-16;/h4-8,17-18H,3,9-15H2,1-2H3,(H,21,22);1H. The molecule has 0 aromatic heterocycles. The first-order valence-corrected chi connectivity index (χ1v) is 9.76. The van der Waals surface area contributed by atoms with Crippen molar-refractivity contribution in [3.63, 3.8) is 0 Å². The van der Waals surface area contributed by atoms with Crippen molar-refractivity contribution in [1.82, 2.24) is 15.1 Å². The van der Waals surface area contributed by atoms with Crippen LogP contribution in [0.15, 0.2) is 35.3 Å². The summed E-state index contributed by atoms with van der Waals surface area (Å²) in [6.45, 7) is 6.66. The smallest absolute Gasteiger partial charge is 0.409 e. The highest BCUT2D eigenvalue weighted by Crippen LogP contribution is 2.33. The molecule has 2 saturated heterocycles. The number of carbonyl (C=O) groups excluding carboxylic acids is 1. The molecule has 7 nitrogen and oxygen atoms in total. The normalized spacial score (nSPS) is 22.6. The Hall–Kier alpha value is -1.55. The quantitative estimate of drug-likeness (QED) is 0.390. The first-order valence-electron chi connectivity index (χ1n) is 9.76. The molecule has 1 aromatic carbocycles. The molecule has 1 aromatic rings. The zero-order valence-corrected chi connectivity index (χ0v) is 19.0. The molecule has 0 radical (unpaired) electrons. The van der Waals surface area contributed by atoms with E-state index in [-0.39, 0.29) is 36.2 Å². The van der Waals surface area contributed by atoms with Crippen molar-refractivity contribution >= 4 is 36.0 Å². The molecule has 1 N–H and O–H groups in total. The number of hydrogen-bond donors (Lipinski definition) is 1. The SMILES string of the molecule is CCOC(=O)N1CCN(C(=NC)NCC2CCOC2c2ccccc2)CC1.I. The topological polar surface area (TPSA) is 66.4 Å². The van der Waals surface area contributed by atoms with Gasteiger partial charge in [-0.3, -0.25) is 4.99 Å². The minimum Gasteiger partial charge on any atom is -0.450 e. The fourth-order valence-corrected chi connectivity index (χ4v) is 3.72. The van der Waals surface area contributed by atoms with Gasteiger partial charge in [-0.2, -0.15) is 0 Å². The predicted molar refractivity (Wildman–Crippen MR) is 120 cm³/mol. The number of hydrogen-bond acceptors (Lipinski definition) is 4. The maximum atomic E-state index is 11.8. The molecule has 28 heavy (non-hydrogen) atoms. The number of aliphatic imine (C=N–C) groups is 1. The van der Waals surface area contributed by atoms with Crippen molar-refractivity contribution in [3.8, 4) is 0 Å². The highest BCUT2D eigenvalue weighted by Gasteiger charge is 2.30.